The average Bonchev–Trinajstić information content (AvgIpc) is 2.74. The molecular weight excluding hydrogens is 528 g/mol. The van der Waals surface area contributed by atoms with Gasteiger partial charge in [-0.2, -0.15) is 13.2 Å². The number of alkyl halides is 3. The molecule has 1 heterocycles. The van der Waals surface area contributed by atoms with Crippen molar-refractivity contribution in [3.63, 3.8) is 0 Å². The SMILES string of the molecule is CCNC(=NCc1ccc(OC)c(OC)c1)NCCNc1nccc(C(F)(F)F)n1.I. The highest BCUT2D eigenvalue weighted by atomic mass is 127. The molecule has 0 saturated heterocycles. The van der Waals surface area contributed by atoms with E-state index < -0.39 is 11.9 Å². The Morgan fingerprint density at radius 2 is 1.81 bits per heavy atom. The molecular formula is C19H26F3IN6O2. The maximum Gasteiger partial charge on any atom is 0.433 e. The van der Waals surface area contributed by atoms with Gasteiger partial charge in [-0.15, -0.1) is 24.0 Å². The first kappa shape index (κ1) is 26.5. The zero-order chi connectivity index (χ0) is 22.0. The lowest BCUT2D eigenvalue weighted by molar-refractivity contribution is -0.141. The number of anilines is 1. The van der Waals surface area contributed by atoms with Crippen molar-refractivity contribution in [3.8, 4) is 11.5 Å². The van der Waals surface area contributed by atoms with E-state index in [0.29, 0.717) is 43.6 Å². The van der Waals surface area contributed by atoms with Gasteiger partial charge in [0.15, 0.2) is 17.5 Å². The molecule has 12 heteroatoms. The number of guanidine groups is 1. The van der Waals surface area contributed by atoms with E-state index in [2.05, 4.69) is 30.9 Å². The van der Waals surface area contributed by atoms with Crippen molar-refractivity contribution in [2.75, 3.05) is 39.2 Å². The van der Waals surface area contributed by atoms with E-state index in [1.807, 2.05) is 25.1 Å². The topological polar surface area (TPSA) is 92.7 Å². The third-order valence-corrected chi connectivity index (χ3v) is 3.86. The summed E-state index contributed by atoms with van der Waals surface area (Å²) in [5.41, 5.74) is -0.0573. The molecule has 1 aromatic carbocycles. The predicted molar refractivity (Wildman–Crippen MR) is 123 cm³/mol. The number of nitrogens with zero attached hydrogens (tertiary/aromatic N) is 3. The van der Waals surface area contributed by atoms with E-state index in [-0.39, 0.29) is 29.9 Å². The zero-order valence-electron chi connectivity index (χ0n) is 17.4. The summed E-state index contributed by atoms with van der Waals surface area (Å²) in [6, 6.07) is 6.37. The summed E-state index contributed by atoms with van der Waals surface area (Å²) in [5, 5.41) is 8.96. The molecule has 0 saturated carbocycles. The number of aliphatic imine (C=N–C) groups is 1. The van der Waals surface area contributed by atoms with Gasteiger partial charge in [0.1, 0.15) is 5.69 Å². The fourth-order valence-electron chi connectivity index (χ4n) is 2.45. The third-order valence-electron chi connectivity index (χ3n) is 3.86. The number of halogens is 4. The fourth-order valence-corrected chi connectivity index (χ4v) is 2.45. The van der Waals surface area contributed by atoms with E-state index in [4.69, 9.17) is 9.47 Å². The van der Waals surface area contributed by atoms with E-state index in [1.54, 1.807) is 14.2 Å². The lowest BCUT2D eigenvalue weighted by Crippen LogP contribution is -2.39. The van der Waals surface area contributed by atoms with Crippen LogP contribution in [-0.4, -0.2) is 49.8 Å². The van der Waals surface area contributed by atoms with Gasteiger partial charge in [0.2, 0.25) is 5.95 Å². The van der Waals surface area contributed by atoms with Crippen molar-refractivity contribution in [1.29, 1.82) is 0 Å². The monoisotopic (exact) mass is 554 g/mol. The van der Waals surface area contributed by atoms with Gasteiger partial charge < -0.3 is 25.4 Å². The molecule has 0 radical (unpaired) electrons. The summed E-state index contributed by atoms with van der Waals surface area (Å²) in [5.74, 6) is 1.74. The molecule has 0 unspecified atom stereocenters. The molecule has 8 nitrogen and oxygen atoms in total. The van der Waals surface area contributed by atoms with Crippen LogP contribution in [0.1, 0.15) is 18.2 Å². The van der Waals surface area contributed by atoms with Crippen LogP contribution < -0.4 is 25.4 Å². The minimum Gasteiger partial charge on any atom is -0.493 e. The summed E-state index contributed by atoms with van der Waals surface area (Å²) in [7, 11) is 3.14. The molecule has 0 aliphatic heterocycles. The van der Waals surface area contributed by atoms with Gasteiger partial charge in [-0.25, -0.2) is 15.0 Å². The molecule has 0 fully saturated rings. The molecule has 0 bridgehead atoms. The number of benzene rings is 1. The van der Waals surface area contributed by atoms with Crippen LogP contribution in [-0.2, 0) is 12.7 Å². The first-order valence-corrected chi connectivity index (χ1v) is 9.24. The molecule has 0 amide bonds. The van der Waals surface area contributed by atoms with E-state index in [0.717, 1.165) is 17.8 Å². The Bertz CT molecular complexity index is 852. The second-order valence-electron chi connectivity index (χ2n) is 6.00. The summed E-state index contributed by atoms with van der Waals surface area (Å²) in [4.78, 5) is 11.8. The van der Waals surface area contributed by atoms with Crippen LogP contribution in [0.5, 0.6) is 11.5 Å². The fraction of sp³-hybridized carbons (Fsp3) is 0.421. The Kier molecular flexibility index (Phi) is 11.1. The van der Waals surface area contributed by atoms with Gasteiger partial charge in [-0.05, 0) is 30.7 Å². The van der Waals surface area contributed by atoms with Crippen LogP contribution in [0.2, 0.25) is 0 Å². The van der Waals surface area contributed by atoms with Gasteiger partial charge in [0.25, 0.3) is 0 Å². The minimum atomic E-state index is -4.51. The summed E-state index contributed by atoms with van der Waals surface area (Å²) in [6.07, 6.45) is -3.44. The van der Waals surface area contributed by atoms with Crippen molar-refractivity contribution in [3.05, 3.63) is 41.7 Å². The van der Waals surface area contributed by atoms with Crippen molar-refractivity contribution >= 4 is 35.9 Å². The molecule has 0 aliphatic rings. The van der Waals surface area contributed by atoms with Crippen molar-refractivity contribution < 1.29 is 22.6 Å². The number of hydrogen-bond donors (Lipinski definition) is 3. The summed E-state index contributed by atoms with van der Waals surface area (Å²) in [6.45, 7) is 3.70. The molecule has 0 aliphatic carbocycles. The number of hydrogen-bond acceptors (Lipinski definition) is 6. The molecule has 1 aromatic heterocycles. The number of ether oxygens (including phenoxy) is 2. The Balaban J connectivity index is 0.00000480. The molecule has 2 aromatic rings. The predicted octanol–water partition coefficient (Wildman–Crippen LogP) is 3.30. The largest absolute Gasteiger partial charge is 0.493 e. The van der Waals surface area contributed by atoms with Crippen LogP contribution in [0.25, 0.3) is 0 Å². The highest BCUT2D eigenvalue weighted by molar-refractivity contribution is 14.0. The lowest BCUT2D eigenvalue weighted by Gasteiger charge is -2.13. The van der Waals surface area contributed by atoms with E-state index in [9.17, 15) is 13.2 Å². The van der Waals surface area contributed by atoms with Crippen LogP contribution in [0.15, 0.2) is 35.5 Å². The Hall–Kier alpha value is -2.51. The van der Waals surface area contributed by atoms with Crippen LogP contribution >= 0.6 is 24.0 Å². The Morgan fingerprint density at radius 3 is 2.45 bits per heavy atom. The first-order valence-electron chi connectivity index (χ1n) is 9.24. The summed E-state index contributed by atoms with van der Waals surface area (Å²) >= 11 is 0. The van der Waals surface area contributed by atoms with Gasteiger partial charge in [0, 0.05) is 25.8 Å². The molecule has 31 heavy (non-hydrogen) atoms. The van der Waals surface area contributed by atoms with E-state index >= 15 is 0 Å². The van der Waals surface area contributed by atoms with Crippen molar-refractivity contribution in [2.24, 2.45) is 4.99 Å². The second-order valence-corrected chi connectivity index (χ2v) is 6.00. The second kappa shape index (κ2) is 13.0. The highest BCUT2D eigenvalue weighted by Gasteiger charge is 2.32. The normalized spacial score (nSPS) is 11.4. The van der Waals surface area contributed by atoms with Crippen LogP contribution in [0, 0.1) is 0 Å². The molecule has 2 rings (SSSR count). The molecule has 0 atom stereocenters. The molecule has 0 spiro atoms. The highest BCUT2D eigenvalue weighted by Crippen LogP contribution is 2.28. The molecule has 3 N–H and O–H groups in total. The quantitative estimate of drug-likeness (QED) is 0.190. The minimum absolute atomic E-state index is 0. The summed E-state index contributed by atoms with van der Waals surface area (Å²) < 4.78 is 48.6. The van der Waals surface area contributed by atoms with Crippen molar-refractivity contribution in [1.82, 2.24) is 20.6 Å². The maximum atomic E-state index is 12.7. The number of aromatic nitrogens is 2. The Morgan fingerprint density at radius 1 is 1.06 bits per heavy atom. The van der Waals surface area contributed by atoms with Gasteiger partial charge in [-0.3, -0.25) is 0 Å². The lowest BCUT2D eigenvalue weighted by atomic mass is 10.2. The Labute approximate surface area is 196 Å². The van der Waals surface area contributed by atoms with Crippen LogP contribution in [0.4, 0.5) is 19.1 Å². The van der Waals surface area contributed by atoms with Crippen molar-refractivity contribution in [2.45, 2.75) is 19.6 Å². The first-order chi connectivity index (χ1) is 14.4. The van der Waals surface area contributed by atoms with Crippen LogP contribution in [0.3, 0.4) is 0 Å². The number of methoxy groups -OCH3 is 2. The van der Waals surface area contributed by atoms with Gasteiger partial charge in [0.05, 0.1) is 20.8 Å². The smallest absolute Gasteiger partial charge is 0.433 e. The number of nitrogens with one attached hydrogen (secondary N) is 3. The van der Waals surface area contributed by atoms with Gasteiger partial charge >= 0.3 is 6.18 Å². The number of rotatable bonds is 9. The molecule has 172 valence electrons. The van der Waals surface area contributed by atoms with Gasteiger partial charge in [-0.1, -0.05) is 6.07 Å². The third kappa shape index (κ3) is 8.63. The maximum absolute atomic E-state index is 12.7. The standard InChI is InChI=1S/C19H25F3N6O2.HI/c1-4-23-17(27-12-13-5-6-14(29-2)15(11-13)30-3)25-9-10-26-18-24-8-7-16(28-18)19(20,21)22;/h5-8,11H,4,9-10,12H2,1-3H3,(H2,23,25,27)(H,24,26,28);1H. The zero-order valence-corrected chi connectivity index (χ0v) is 19.7. The van der Waals surface area contributed by atoms with E-state index in [1.165, 1.54) is 0 Å². The average molecular weight is 554 g/mol.